The number of anilines is 1. The SMILES string of the molecule is CN=C(NCCc1ccc(Cl)cc1)Nc1ccc(OC)c(OC)c1. The average Bonchev–Trinajstić information content (AvgIpc) is 2.62. The Morgan fingerprint density at radius 1 is 1.04 bits per heavy atom. The number of nitrogens with one attached hydrogen (secondary N) is 2. The van der Waals surface area contributed by atoms with Gasteiger partial charge in [-0.05, 0) is 36.2 Å². The monoisotopic (exact) mass is 347 g/mol. The highest BCUT2D eigenvalue weighted by atomic mass is 35.5. The predicted octanol–water partition coefficient (Wildman–Crippen LogP) is 3.59. The van der Waals surface area contributed by atoms with Crippen LogP contribution in [0.4, 0.5) is 5.69 Å². The third-order valence-electron chi connectivity index (χ3n) is 3.49. The Hall–Kier alpha value is -2.40. The molecule has 0 aliphatic carbocycles. The molecule has 6 heteroatoms. The van der Waals surface area contributed by atoms with Gasteiger partial charge in [-0.1, -0.05) is 23.7 Å². The molecule has 24 heavy (non-hydrogen) atoms. The first-order valence-corrected chi connectivity index (χ1v) is 7.98. The summed E-state index contributed by atoms with van der Waals surface area (Å²) in [6.07, 6.45) is 0.879. The fraction of sp³-hybridized carbons (Fsp3) is 0.278. The lowest BCUT2D eigenvalue weighted by Gasteiger charge is -2.14. The minimum atomic E-state index is 0.666. The number of guanidine groups is 1. The molecule has 0 fully saturated rings. The Labute approximate surface area is 147 Å². The summed E-state index contributed by atoms with van der Waals surface area (Å²) in [5.41, 5.74) is 2.08. The second-order valence-electron chi connectivity index (χ2n) is 5.07. The van der Waals surface area contributed by atoms with Crippen molar-refractivity contribution in [2.75, 3.05) is 33.1 Å². The van der Waals surface area contributed by atoms with Crippen molar-refractivity contribution in [3.8, 4) is 11.5 Å². The standard InChI is InChI=1S/C18H22ClN3O2/c1-20-18(21-11-10-13-4-6-14(19)7-5-13)22-15-8-9-16(23-2)17(12-15)24-3/h4-9,12H,10-11H2,1-3H3,(H2,20,21,22). The highest BCUT2D eigenvalue weighted by Gasteiger charge is 2.06. The molecule has 5 nitrogen and oxygen atoms in total. The summed E-state index contributed by atoms with van der Waals surface area (Å²) in [6.45, 7) is 0.759. The van der Waals surface area contributed by atoms with Crippen LogP contribution in [0.25, 0.3) is 0 Å². The third-order valence-corrected chi connectivity index (χ3v) is 3.74. The van der Waals surface area contributed by atoms with Crippen molar-refractivity contribution in [3.63, 3.8) is 0 Å². The Balaban J connectivity index is 1.91. The summed E-state index contributed by atoms with van der Waals surface area (Å²) in [6, 6.07) is 13.5. The largest absolute Gasteiger partial charge is 0.493 e. The van der Waals surface area contributed by atoms with E-state index in [-0.39, 0.29) is 0 Å². The quantitative estimate of drug-likeness (QED) is 0.619. The van der Waals surface area contributed by atoms with E-state index >= 15 is 0 Å². The molecule has 2 N–H and O–H groups in total. The minimum Gasteiger partial charge on any atom is -0.493 e. The van der Waals surface area contributed by atoms with Crippen molar-refractivity contribution >= 4 is 23.2 Å². The number of hydrogen-bond donors (Lipinski definition) is 2. The van der Waals surface area contributed by atoms with E-state index < -0.39 is 0 Å². The first kappa shape index (κ1) is 17.9. The van der Waals surface area contributed by atoms with Gasteiger partial charge in [-0.25, -0.2) is 0 Å². The Morgan fingerprint density at radius 2 is 1.75 bits per heavy atom. The zero-order chi connectivity index (χ0) is 17.4. The number of benzene rings is 2. The molecule has 0 spiro atoms. The van der Waals surface area contributed by atoms with Crippen molar-refractivity contribution in [2.24, 2.45) is 4.99 Å². The topological polar surface area (TPSA) is 54.9 Å². The fourth-order valence-electron chi connectivity index (χ4n) is 2.21. The van der Waals surface area contributed by atoms with Gasteiger partial charge >= 0.3 is 0 Å². The summed E-state index contributed by atoms with van der Waals surface area (Å²) in [7, 11) is 4.96. The number of rotatable bonds is 6. The van der Waals surface area contributed by atoms with E-state index in [1.165, 1.54) is 5.56 Å². The van der Waals surface area contributed by atoms with Crippen molar-refractivity contribution in [1.29, 1.82) is 0 Å². The van der Waals surface area contributed by atoms with Crippen LogP contribution in [0.5, 0.6) is 11.5 Å². The van der Waals surface area contributed by atoms with Gasteiger partial charge in [0.05, 0.1) is 14.2 Å². The Morgan fingerprint density at radius 3 is 2.38 bits per heavy atom. The molecule has 0 aliphatic heterocycles. The molecule has 2 aromatic rings. The molecule has 0 bridgehead atoms. The molecule has 0 aromatic heterocycles. The first-order chi connectivity index (χ1) is 11.7. The minimum absolute atomic E-state index is 0.666. The summed E-state index contributed by atoms with van der Waals surface area (Å²) in [4.78, 5) is 4.23. The summed E-state index contributed by atoms with van der Waals surface area (Å²) < 4.78 is 10.5. The summed E-state index contributed by atoms with van der Waals surface area (Å²) in [5, 5.41) is 7.26. The van der Waals surface area contributed by atoms with Gasteiger partial charge in [0.15, 0.2) is 17.5 Å². The summed E-state index contributed by atoms with van der Waals surface area (Å²) in [5.74, 6) is 2.05. The van der Waals surface area contributed by atoms with Crippen molar-refractivity contribution in [2.45, 2.75) is 6.42 Å². The van der Waals surface area contributed by atoms with Gasteiger partial charge in [0.2, 0.25) is 0 Å². The number of methoxy groups -OCH3 is 2. The second-order valence-corrected chi connectivity index (χ2v) is 5.51. The van der Waals surface area contributed by atoms with Crippen LogP contribution < -0.4 is 20.1 Å². The van der Waals surface area contributed by atoms with Crippen molar-refractivity contribution < 1.29 is 9.47 Å². The molecule has 2 rings (SSSR count). The van der Waals surface area contributed by atoms with Gasteiger partial charge in [0.25, 0.3) is 0 Å². The van der Waals surface area contributed by atoms with E-state index in [1.54, 1.807) is 21.3 Å². The molecular formula is C18H22ClN3O2. The normalized spacial score (nSPS) is 11.1. The highest BCUT2D eigenvalue weighted by Crippen LogP contribution is 2.29. The predicted molar refractivity (Wildman–Crippen MR) is 99.7 cm³/mol. The second kappa shape index (κ2) is 9.03. The van der Waals surface area contributed by atoms with E-state index in [0.29, 0.717) is 17.5 Å². The van der Waals surface area contributed by atoms with Gasteiger partial charge in [-0.15, -0.1) is 0 Å². The van der Waals surface area contributed by atoms with Crippen LogP contribution in [-0.2, 0) is 6.42 Å². The van der Waals surface area contributed by atoms with Crippen LogP contribution in [0, 0.1) is 0 Å². The number of aliphatic imine (C=N–C) groups is 1. The first-order valence-electron chi connectivity index (χ1n) is 7.60. The van der Waals surface area contributed by atoms with Crippen LogP contribution in [0.2, 0.25) is 5.02 Å². The van der Waals surface area contributed by atoms with E-state index in [9.17, 15) is 0 Å². The average molecular weight is 348 g/mol. The van der Waals surface area contributed by atoms with Gasteiger partial charge in [0, 0.05) is 30.4 Å². The molecule has 0 unspecified atom stereocenters. The van der Waals surface area contributed by atoms with E-state index in [2.05, 4.69) is 15.6 Å². The van der Waals surface area contributed by atoms with Crippen molar-refractivity contribution in [3.05, 3.63) is 53.1 Å². The molecule has 2 aromatic carbocycles. The number of nitrogens with zero attached hydrogens (tertiary/aromatic N) is 1. The van der Waals surface area contributed by atoms with E-state index in [4.69, 9.17) is 21.1 Å². The maximum atomic E-state index is 5.89. The Kier molecular flexibility index (Phi) is 6.75. The lowest BCUT2D eigenvalue weighted by molar-refractivity contribution is 0.355. The molecule has 0 amide bonds. The van der Waals surface area contributed by atoms with Crippen LogP contribution >= 0.6 is 11.6 Å². The Bertz CT molecular complexity index is 687. The van der Waals surface area contributed by atoms with Gasteiger partial charge in [-0.2, -0.15) is 0 Å². The molecule has 0 heterocycles. The van der Waals surface area contributed by atoms with Crippen LogP contribution in [0.1, 0.15) is 5.56 Å². The molecule has 128 valence electrons. The van der Waals surface area contributed by atoms with Gasteiger partial charge < -0.3 is 20.1 Å². The number of ether oxygens (including phenoxy) is 2. The number of hydrogen-bond acceptors (Lipinski definition) is 3. The molecule has 0 aliphatic rings. The molecule has 0 atom stereocenters. The van der Waals surface area contributed by atoms with Crippen LogP contribution in [-0.4, -0.2) is 33.8 Å². The molecule has 0 saturated carbocycles. The van der Waals surface area contributed by atoms with Gasteiger partial charge in [-0.3, -0.25) is 4.99 Å². The zero-order valence-electron chi connectivity index (χ0n) is 14.1. The van der Waals surface area contributed by atoms with E-state index in [0.717, 1.165) is 23.7 Å². The smallest absolute Gasteiger partial charge is 0.195 e. The molecule has 0 radical (unpaired) electrons. The molecular weight excluding hydrogens is 326 g/mol. The zero-order valence-corrected chi connectivity index (χ0v) is 14.9. The number of halogens is 1. The van der Waals surface area contributed by atoms with Crippen LogP contribution in [0.15, 0.2) is 47.5 Å². The van der Waals surface area contributed by atoms with E-state index in [1.807, 2.05) is 42.5 Å². The molecule has 0 saturated heterocycles. The fourth-order valence-corrected chi connectivity index (χ4v) is 2.33. The maximum absolute atomic E-state index is 5.89. The summed E-state index contributed by atoms with van der Waals surface area (Å²) >= 11 is 5.89. The lowest BCUT2D eigenvalue weighted by Crippen LogP contribution is -2.32. The third kappa shape index (κ3) is 5.06. The lowest BCUT2D eigenvalue weighted by atomic mass is 10.1. The van der Waals surface area contributed by atoms with Gasteiger partial charge in [0.1, 0.15) is 0 Å². The maximum Gasteiger partial charge on any atom is 0.195 e. The highest BCUT2D eigenvalue weighted by molar-refractivity contribution is 6.30. The van der Waals surface area contributed by atoms with Crippen molar-refractivity contribution in [1.82, 2.24) is 5.32 Å². The van der Waals surface area contributed by atoms with Crippen LogP contribution in [0.3, 0.4) is 0 Å².